The van der Waals surface area contributed by atoms with Crippen LogP contribution in [0.25, 0.3) is 0 Å². The highest BCUT2D eigenvalue weighted by molar-refractivity contribution is 5.86. The van der Waals surface area contributed by atoms with Gasteiger partial charge >= 0.3 is 11.9 Å². The molecule has 0 aliphatic heterocycles. The van der Waals surface area contributed by atoms with Crippen molar-refractivity contribution in [2.75, 3.05) is 13.2 Å². The van der Waals surface area contributed by atoms with E-state index in [4.69, 9.17) is 9.47 Å². The third kappa shape index (κ3) is 32.4. The van der Waals surface area contributed by atoms with E-state index in [1.54, 1.807) is 6.92 Å². The smallest absolute Gasteiger partial charge is 0.333 e. The van der Waals surface area contributed by atoms with Crippen molar-refractivity contribution < 1.29 is 19.1 Å². The van der Waals surface area contributed by atoms with Crippen molar-refractivity contribution in [3.63, 3.8) is 0 Å². The van der Waals surface area contributed by atoms with Crippen LogP contribution in [0.3, 0.4) is 0 Å². The molecule has 0 aromatic carbocycles. The van der Waals surface area contributed by atoms with E-state index in [-0.39, 0.29) is 11.9 Å². The maximum absolute atomic E-state index is 11.1. The quantitative estimate of drug-likeness (QED) is 0.0699. The highest BCUT2D eigenvalue weighted by Crippen LogP contribution is 2.12. The molecule has 0 unspecified atom stereocenters. The number of hydrogen-bond donors (Lipinski definition) is 0. The Morgan fingerprint density at radius 3 is 1.17 bits per heavy atom. The van der Waals surface area contributed by atoms with Crippen LogP contribution < -0.4 is 0 Å². The summed E-state index contributed by atoms with van der Waals surface area (Å²) in [5, 5.41) is 0. The standard InChI is InChI=1S/2C16H30O2/c1-4-5-6-7-8-9-10-11-12-13-14-18-16(17)15(2)3;1-3-5-6-7-8-9-10-11-12-13-14-15-18-16(17)4-2/h2,4-14H2,1,3H3;4H,2-3,5-15H2,1H3. The van der Waals surface area contributed by atoms with Gasteiger partial charge in [-0.1, -0.05) is 149 Å². The van der Waals surface area contributed by atoms with E-state index in [2.05, 4.69) is 27.0 Å². The summed E-state index contributed by atoms with van der Waals surface area (Å²) in [5.41, 5.74) is 0.488. The third-order valence-electron chi connectivity index (χ3n) is 6.24. The zero-order valence-electron chi connectivity index (χ0n) is 24.4. The maximum atomic E-state index is 11.1. The lowest BCUT2D eigenvalue weighted by Gasteiger charge is -2.04. The van der Waals surface area contributed by atoms with Crippen LogP contribution in [0, 0.1) is 0 Å². The van der Waals surface area contributed by atoms with Crippen LogP contribution in [0.2, 0.25) is 0 Å². The molecule has 0 aromatic heterocycles. The van der Waals surface area contributed by atoms with Crippen molar-refractivity contribution in [1.29, 1.82) is 0 Å². The Morgan fingerprint density at radius 1 is 0.556 bits per heavy atom. The second-order valence-corrected chi connectivity index (χ2v) is 10.0. The molecule has 0 aliphatic carbocycles. The number of unbranched alkanes of at least 4 members (excludes halogenated alkanes) is 19. The van der Waals surface area contributed by atoms with Crippen molar-refractivity contribution in [1.82, 2.24) is 0 Å². The number of carbonyl (C=O) groups excluding carboxylic acids is 2. The van der Waals surface area contributed by atoms with Gasteiger partial charge in [-0.05, 0) is 19.8 Å². The highest BCUT2D eigenvalue weighted by atomic mass is 16.5. The second-order valence-electron chi connectivity index (χ2n) is 10.0. The fourth-order valence-electron chi connectivity index (χ4n) is 3.88. The van der Waals surface area contributed by atoms with Crippen molar-refractivity contribution >= 4 is 11.9 Å². The zero-order chi connectivity index (χ0) is 27.1. The predicted octanol–water partition coefficient (Wildman–Crippen LogP) is 10.1. The Balaban J connectivity index is 0. The molecule has 36 heavy (non-hydrogen) atoms. The van der Waals surface area contributed by atoms with Crippen molar-refractivity contribution in [3.8, 4) is 0 Å². The largest absolute Gasteiger partial charge is 0.463 e. The summed E-state index contributed by atoms with van der Waals surface area (Å²) in [7, 11) is 0. The summed E-state index contributed by atoms with van der Waals surface area (Å²) in [4.78, 5) is 21.8. The van der Waals surface area contributed by atoms with E-state index in [0.717, 1.165) is 12.8 Å². The minimum Gasteiger partial charge on any atom is -0.463 e. The van der Waals surface area contributed by atoms with Gasteiger partial charge in [-0.2, -0.15) is 0 Å². The molecule has 0 bridgehead atoms. The summed E-state index contributed by atoms with van der Waals surface area (Å²) < 4.78 is 9.95. The van der Waals surface area contributed by atoms with Crippen LogP contribution in [0.4, 0.5) is 0 Å². The van der Waals surface area contributed by atoms with Gasteiger partial charge in [0.1, 0.15) is 0 Å². The predicted molar refractivity (Wildman–Crippen MR) is 155 cm³/mol. The summed E-state index contributed by atoms with van der Waals surface area (Å²) in [5.74, 6) is -0.562. The first kappa shape index (κ1) is 36.6. The summed E-state index contributed by atoms with van der Waals surface area (Å²) in [6, 6.07) is 0. The Bertz CT molecular complexity index is 510. The number of hydrogen-bond acceptors (Lipinski definition) is 4. The van der Waals surface area contributed by atoms with Gasteiger partial charge in [-0.3, -0.25) is 0 Å². The molecule has 4 nitrogen and oxygen atoms in total. The van der Waals surface area contributed by atoms with E-state index in [1.807, 2.05) is 0 Å². The van der Waals surface area contributed by atoms with Gasteiger partial charge in [0, 0.05) is 11.6 Å². The van der Waals surface area contributed by atoms with Gasteiger partial charge in [0.2, 0.25) is 0 Å². The molecule has 0 heterocycles. The molecule has 0 aliphatic rings. The van der Waals surface area contributed by atoms with Crippen LogP contribution in [0.5, 0.6) is 0 Å². The molecule has 0 saturated heterocycles. The summed E-state index contributed by atoms with van der Waals surface area (Å²) in [6.45, 7) is 14.2. The minimum atomic E-state index is -0.304. The molecular formula is C32H60O4. The maximum Gasteiger partial charge on any atom is 0.333 e. The van der Waals surface area contributed by atoms with Gasteiger partial charge in [0.15, 0.2) is 0 Å². The molecule has 0 amide bonds. The Hall–Kier alpha value is -1.58. The molecule has 4 heteroatoms. The van der Waals surface area contributed by atoms with E-state index < -0.39 is 0 Å². The van der Waals surface area contributed by atoms with Crippen molar-refractivity contribution in [2.24, 2.45) is 0 Å². The van der Waals surface area contributed by atoms with Crippen LogP contribution in [0.15, 0.2) is 24.8 Å². The van der Waals surface area contributed by atoms with Gasteiger partial charge in [0.25, 0.3) is 0 Å². The monoisotopic (exact) mass is 508 g/mol. The number of esters is 2. The van der Waals surface area contributed by atoms with Crippen LogP contribution in [-0.2, 0) is 19.1 Å². The Labute approximate surface area is 224 Å². The molecule has 0 aromatic rings. The van der Waals surface area contributed by atoms with E-state index in [1.165, 1.54) is 128 Å². The lowest BCUT2D eigenvalue weighted by atomic mass is 10.1. The number of carbonyl (C=O) groups is 2. The first-order valence-electron chi connectivity index (χ1n) is 15.1. The van der Waals surface area contributed by atoms with Crippen molar-refractivity contribution in [3.05, 3.63) is 24.8 Å². The molecule has 0 atom stereocenters. The summed E-state index contributed by atoms with van der Waals surface area (Å²) in [6.07, 6.45) is 28.6. The molecule has 0 fully saturated rings. The van der Waals surface area contributed by atoms with Crippen LogP contribution in [-0.4, -0.2) is 25.2 Å². The minimum absolute atomic E-state index is 0.258. The molecule has 0 rings (SSSR count). The number of ether oxygens (including phenoxy) is 2. The van der Waals surface area contributed by atoms with E-state index in [0.29, 0.717) is 18.8 Å². The lowest BCUT2D eigenvalue weighted by molar-refractivity contribution is -0.139. The third-order valence-corrected chi connectivity index (χ3v) is 6.24. The molecule has 0 spiro atoms. The fourth-order valence-corrected chi connectivity index (χ4v) is 3.88. The topological polar surface area (TPSA) is 52.6 Å². The first-order chi connectivity index (χ1) is 17.5. The highest BCUT2D eigenvalue weighted by Gasteiger charge is 2.01. The zero-order valence-corrected chi connectivity index (χ0v) is 24.4. The molecule has 0 saturated carbocycles. The van der Waals surface area contributed by atoms with Gasteiger partial charge in [-0.15, -0.1) is 0 Å². The Kier molecular flexibility index (Phi) is 32.0. The molecule has 0 radical (unpaired) electrons. The average Bonchev–Trinajstić information content (AvgIpc) is 2.87. The fraction of sp³-hybridized carbons (Fsp3) is 0.812. The van der Waals surface area contributed by atoms with Gasteiger partial charge in [0.05, 0.1) is 13.2 Å². The van der Waals surface area contributed by atoms with Crippen molar-refractivity contribution in [2.45, 2.75) is 156 Å². The summed E-state index contributed by atoms with van der Waals surface area (Å²) >= 11 is 0. The lowest BCUT2D eigenvalue weighted by Crippen LogP contribution is -2.05. The number of rotatable bonds is 25. The Morgan fingerprint density at radius 2 is 0.861 bits per heavy atom. The van der Waals surface area contributed by atoms with Crippen LogP contribution in [0.1, 0.15) is 156 Å². The van der Waals surface area contributed by atoms with Gasteiger partial charge < -0.3 is 9.47 Å². The van der Waals surface area contributed by atoms with E-state index in [9.17, 15) is 9.59 Å². The van der Waals surface area contributed by atoms with Crippen LogP contribution >= 0.6 is 0 Å². The molecule has 0 N–H and O–H groups in total. The van der Waals surface area contributed by atoms with Gasteiger partial charge in [-0.25, -0.2) is 9.59 Å². The molecular weight excluding hydrogens is 448 g/mol. The normalized spacial score (nSPS) is 10.3. The second kappa shape index (κ2) is 31.4. The molecule has 212 valence electrons. The average molecular weight is 509 g/mol. The van der Waals surface area contributed by atoms with E-state index >= 15 is 0 Å². The SMILES string of the molecule is C=C(C)C(=O)OCCCCCCCCCCCC.C=CC(=O)OCCCCCCCCCCCCC. The first-order valence-corrected chi connectivity index (χ1v) is 15.1.